The van der Waals surface area contributed by atoms with Gasteiger partial charge in [0.05, 0.1) is 12.3 Å². The van der Waals surface area contributed by atoms with Gasteiger partial charge in [-0.05, 0) is 54.8 Å². The Morgan fingerprint density at radius 2 is 1.82 bits per heavy atom. The molecule has 0 saturated heterocycles. The minimum absolute atomic E-state index is 0.0401. The number of aryl methyl sites for hydroxylation is 1. The summed E-state index contributed by atoms with van der Waals surface area (Å²) in [5, 5.41) is 2.82. The van der Waals surface area contributed by atoms with Crippen LogP contribution in [0.5, 0.6) is 0 Å². The van der Waals surface area contributed by atoms with Crippen molar-refractivity contribution in [3.8, 4) is 11.1 Å². The predicted molar refractivity (Wildman–Crippen MR) is 108 cm³/mol. The Morgan fingerprint density at radius 3 is 2.46 bits per heavy atom. The fourth-order valence-corrected chi connectivity index (χ4v) is 3.08. The second kappa shape index (κ2) is 8.17. The van der Waals surface area contributed by atoms with Gasteiger partial charge in [-0.3, -0.25) is 19.4 Å². The number of rotatable bonds is 5. The van der Waals surface area contributed by atoms with Crippen LogP contribution in [-0.4, -0.2) is 30.5 Å². The van der Waals surface area contributed by atoms with Crippen LogP contribution in [0.4, 0.5) is 11.4 Å². The van der Waals surface area contributed by atoms with Crippen LogP contribution in [0.25, 0.3) is 11.1 Å². The quantitative estimate of drug-likeness (QED) is 0.627. The monoisotopic (exact) mass is 378 g/mol. The number of anilines is 1. The zero-order valence-electron chi connectivity index (χ0n) is 16.1. The summed E-state index contributed by atoms with van der Waals surface area (Å²) in [7, 11) is 0. The van der Waals surface area contributed by atoms with Gasteiger partial charge in [0, 0.05) is 23.9 Å². The molecule has 1 amide bonds. The molecule has 28 heavy (non-hydrogen) atoms. The molecule has 0 bridgehead atoms. The summed E-state index contributed by atoms with van der Waals surface area (Å²) in [4.78, 5) is 40.5. The van der Waals surface area contributed by atoms with Gasteiger partial charge in [-0.2, -0.15) is 0 Å². The van der Waals surface area contributed by atoms with E-state index < -0.39 is 11.9 Å². The number of esters is 1. The lowest BCUT2D eigenvalue weighted by Gasteiger charge is -2.18. The summed E-state index contributed by atoms with van der Waals surface area (Å²) in [6.07, 6.45) is 1.77. The first-order valence-corrected chi connectivity index (χ1v) is 9.24. The molecule has 2 aromatic carbocycles. The van der Waals surface area contributed by atoms with Crippen LogP contribution in [0.3, 0.4) is 0 Å². The summed E-state index contributed by atoms with van der Waals surface area (Å²) in [6.45, 7) is 5.63. The Hall–Kier alpha value is -3.28. The van der Waals surface area contributed by atoms with E-state index in [2.05, 4.69) is 10.3 Å². The first kappa shape index (κ1) is 19.5. The van der Waals surface area contributed by atoms with Crippen molar-refractivity contribution < 1.29 is 19.1 Å². The third kappa shape index (κ3) is 3.86. The summed E-state index contributed by atoms with van der Waals surface area (Å²) >= 11 is 0. The number of aliphatic imine (C=N–C) groups is 1. The molecule has 0 aliphatic carbocycles. The molecule has 2 aromatic rings. The number of fused-ring (bicyclic) bond motifs is 1. The van der Waals surface area contributed by atoms with Crippen molar-refractivity contribution >= 4 is 35.2 Å². The van der Waals surface area contributed by atoms with E-state index in [-0.39, 0.29) is 18.3 Å². The predicted octanol–water partition coefficient (Wildman–Crippen LogP) is 4.09. The van der Waals surface area contributed by atoms with Crippen molar-refractivity contribution in [1.29, 1.82) is 0 Å². The highest BCUT2D eigenvalue weighted by molar-refractivity contribution is 6.22. The lowest BCUT2D eigenvalue weighted by atomic mass is 9.90. The maximum atomic E-state index is 12.7. The number of hydrogen-bond acceptors (Lipinski definition) is 5. The molecule has 6 nitrogen and oxygen atoms in total. The standard InChI is InChI=1S/C22H22N2O4/c1-4-20(25)24-15-8-6-14(7-9-15)16-11-19-17(10-13(16)3)21(26)18(12-23-19)22(27)28-5-2/h6-12,18H,4-5H2,1-3H3,(H,24,25). The van der Waals surface area contributed by atoms with Crippen LogP contribution in [0, 0.1) is 12.8 Å². The van der Waals surface area contributed by atoms with Crippen LogP contribution in [0.2, 0.25) is 0 Å². The number of nitrogens with zero attached hydrogens (tertiary/aromatic N) is 1. The largest absolute Gasteiger partial charge is 0.465 e. The van der Waals surface area contributed by atoms with E-state index in [0.29, 0.717) is 17.7 Å². The average Bonchev–Trinajstić information content (AvgIpc) is 2.69. The smallest absolute Gasteiger partial charge is 0.322 e. The van der Waals surface area contributed by atoms with Gasteiger partial charge in [0.25, 0.3) is 0 Å². The maximum absolute atomic E-state index is 12.7. The van der Waals surface area contributed by atoms with Gasteiger partial charge in [0.15, 0.2) is 11.7 Å². The average molecular weight is 378 g/mol. The first-order valence-electron chi connectivity index (χ1n) is 9.24. The summed E-state index contributed by atoms with van der Waals surface area (Å²) < 4.78 is 4.96. The number of Topliss-reactive ketones (excluding diaryl/α,β-unsaturated/α-hetero) is 1. The van der Waals surface area contributed by atoms with Crippen LogP contribution in [0.15, 0.2) is 41.4 Å². The van der Waals surface area contributed by atoms with Gasteiger partial charge in [0.1, 0.15) is 0 Å². The molecule has 0 radical (unpaired) electrons. The summed E-state index contributed by atoms with van der Waals surface area (Å²) in [5.74, 6) is -1.90. The Kier molecular flexibility index (Phi) is 5.68. The van der Waals surface area contributed by atoms with Gasteiger partial charge in [-0.1, -0.05) is 19.1 Å². The molecule has 1 N–H and O–H groups in total. The van der Waals surface area contributed by atoms with Crippen LogP contribution < -0.4 is 5.32 Å². The van der Waals surface area contributed by atoms with Gasteiger partial charge in [-0.15, -0.1) is 0 Å². The van der Waals surface area contributed by atoms with E-state index in [4.69, 9.17) is 4.74 Å². The molecule has 6 heteroatoms. The summed E-state index contributed by atoms with van der Waals surface area (Å²) in [5.41, 5.74) is 4.48. The van der Waals surface area contributed by atoms with Gasteiger partial charge < -0.3 is 10.1 Å². The Labute approximate surface area is 163 Å². The Morgan fingerprint density at radius 1 is 1.11 bits per heavy atom. The maximum Gasteiger partial charge on any atom is 0.322 e. The van der Waals surface area contributed by atoms with Crippen molar-refractivity contribution in [2.45, 2.75) is 27.2 Å². The number of amides is 1. The molecular weight excluding hydrogens is 356 g/mol. The Bertz CT molecular complexity index is 961. The van der Waals surface area contributed by atoms with Crippen molar-refractivity contribution in [3.05, 3.63) is 47.5 Å². The van der Waals surface area contributed by atoms with Gasteiger partial charge in [0.2, 0.25) is 5.91 Å². The highest BCUT2D eigenvalue weighted by atomic mass is 16.5. The third-order valence-electron chi connectivity index (χ3n) is 4.59. The van der Waals surface area contributed by atoms with Crippen molar-refractivity contribution in [1.82, 2.24) is 0 Å². The van der Waals surface area contributed by atoms with Crippen molar-refractivity contribution in [3.63, 3.8) is 0 Å². The van der Waals surface area contributed by atoms with E-state index in [9.17, 15) is 14.4 Å². The second-order valence-electron chi connectivity index (χ2n) is 6.54. The number of carbonyl (C=O) groups excluding carboxylic acids is 3. The number of hydrogen-bond donors (Lipinski definition) is 1. The zero-order valence-corrected chi connectivity index (χ0v) is 16.1. The fourth-order valence-electron chi connectivity index (χ4n) is 3.08. The highest BCUT2D eigenvalue weighted by Gasteiger charge is 2.32. The SMILES string of the molecule is CCOC(=O)C1C=Nc2cc(-c3ccc(NC(=O)CC)cc3)c(C)cc2C1=O. The number of ketones is 1. The molecule has 1 aliphatic heterocycles. The molecule has 1 aliphatic rings. The molecule has 1 unspecified atom stereocenters. The normalized spacial score (nSPS) is 15.1. The fraction of sp³-hybridized carbons (Fsp3) is 0.273. The van der Waals surface area contributed by atoms with Crippen molar-refractivity contribution in [2.75, 3.05) is 11.9 Å². The van der Waals surface area contributed by atoms with Crippen LogP contribution in [-0.2, 0) is 14.3 Å². The molecule has 1 atom stereocenters. The molecular formula is C22H22N2O4. The van der Waals surface area contributed by atoms with E-state index in [1.54, 1.807) is 19.9 Å². The minimum Gasteiger partial charge on any atom is -0.465 e. The molecule has 1 heterocycles. The third-order valence-corrected chi connectivity index (χ3v) is 4.59. The minimum atomic E-state index is -0.987. The number of carbonyl (C=O) groups is 3. The number of ether oxygens (including phenoxy) is 1. The number of benzene rings is 2. The topological polar surface area (TPSA) is 84.8 Å². The van der Waals surface area contributed by atoms with E-state index in [0.717, 1.165) is 22.4 Å². The van der Waals surface area contributed by atoms with E-state index in [1.807, 2.05) is 37.3 Å². The van der Waals surface area contributed by atoms with E-state index >= 15 is 0 Å². The van der Waals surface area contributed by atoms with E-state index in [1.165, 1.54) is 6.21 Å². The molecule has 3 rings (SSSR count). The number of nitrogens with one attached hydrogen (secondary N) is 1. The molecule has 0 aromatic heterocycles. The van der Waals surface area contributed by atoms with Gasteiger partial charge >= 0.3 is 5.97 Å². The molecule has 144 valence electrons. The lowest BCUT2D eigenvalue weighted by molar-refractivity contribution is -0.144. The molecule has 0 fully saturated rings. The zero-order chi connectivity index (χ0) is 20.3. The second-order valence-corrected chi connectivity index (χ2v) is 6.54. The van der Waals surface area contributed by atoms with Gasteiger partial charge in [-0.25, -0.2) is 0 Å². The Balaban J connectivity index is 1.90. The first-order chi connectivity index (χ1) is 13.4. The molecule has 0 spiro atoms. The van der Waals surface area contributed by atoms with Crippen LogP contribution in [0.1, 0.15) is 36.2 Å². The summed E-state index contributed by atoms with van der Waals surface area (Å²) in [6, 6.07) is 11.1. The van der Waals surface area contributed by atoms with Crippen molar-refractivity contribution in [2.24, 2.45) is 10.9 Å². The highest BCUT2D eigenvalue weighted by Crippen LogP contribution is 2.35. The van der Waals surface area contributed by atoms with Crippen LogP contribution >= 0.6 is 0 Å². The lowest BCUT2D eigenvalue weighted by Crippen LogP contribution is -2.29. The molecule has 0 saturated carbocycles.